The molecular formula is C17H19N. The smallest absolute Gasteiger partial charge is 0.0343 e. The third kappa shape index (κ3) is 2.13. The van der Waals surface area contributed by atoms with E-state index in [0.29, 0.717) is 0 Å². The van der Waals surface area contributed by atoms with Crippen LogP contribution in [0, 0.1) is 0 Å². The van der Waals surface area contributed by atoms with Gasteiger partial charge in [0.05, 0.1) is 0 Å². The zero-order chi connectivity index (χ0) is 12.4. The van der Waals surface area contributed by atoms with Gasteiger partial charge in [0, 0.05) is 12.7 Å². The first kappa shape index (κ1) is 11.3. The topological polar surface area (TPSA) is 12.0 Å². The maximum atomic E-state index is 3.20. The fourth-order valence-electron chi connectivity index (χ4n) is 2.57. The first-order valence-corrected chi connectivity index (χ1v) is 6.75. The van der Waals surface area contributed by atoms with Gasteiger partial charge >= 0.3 is 0 Å². The Labute approximate surface area is 109 Å². The summed E-state index contributed by atoms with van der Waals surface area (Å²) in [5, 5.41) is 3.20. The molecule has 0 spiro atoms. The maximum Gasteiger partial charge on any atom is 0.0343 e. The Bertz CT molecular complexity index is 541. The van der Waals surface area contributed by atoms with Crippen LogP contribution >= 0.6 is 0 Å². The average molecular weight is 237 g/mol. The van der Waals surface area contributed by atoms with E-state index in [0.717, 1.165) is 5.92 Å². The lowest BCUT2D eigenvalue weighted by Gasteiger charge is -2.26. The van der Waals surface area contributed by atoms with Gasteiger partial charge in [-0.25, -0.2) is 0 Å². The van der Waals surface area contributed by atoms with E-state index in [1.54, 1.807) is 0 Å². The summed E-state index contributed by atoms with van der Waals surface area (Å²) in [5.41, 5.74) is 5.30. The van der Waals surface area contributed by atoms with Crippen LogP contribution in [0.3, 0.4) is 0 Å². The van der Waals surface area contributed by atoms with Crippen LogP contribution < -0.4 is 5.32 Å². The Kier molecular flexibility index (Phi) is 3.06. The Hall–Kier alpha value is -1.76. The maximum absolute atomic E-state index is 3.20. The second-order valence-electron chi connectivity index (χ2n) is 5.08. The summed E-state index contributed by atoms with van der Waals surface area (Å²) in [6.07, 6.45) is 4.12. The van der Waals surface area contributed by atoms with E-state index < -0.39 is 0 Å². The van der Waals surface area contributed by atoms with Crippen LogP contribution in [0.1, 0.15) is 30.7 Å². The van der Waals surface area contributed by atoms with Crippen LogP contribution in [0.4, 0.5) is 5.69 Å². The van der Waals surface area contributed by atoms with Crippen molar-refractivity contribution in [1.29, 1.82) is 0 Å². The van der Waals surface area contributed by atoms with Crippen molar-refractivity contribution in [2.75, 3.05) is 12.4 Å². The normalized spacial score (nSPS) is 15.2. The molecule has 0 atom stereocenters. The minimum atomic E-state index is 0.803. The highest BCUT2D eigenvalue weighted by Gasteiger charge is 2.19. The van der Waals surface area contributed by atoms with Crippen molar-refractivity contribution in [1.82, 2.24) is 0 Å². The van der Waals surface area contributed by atoms with Gasteiger partial charge in [-0.3, -0.25) is 0 Å². The van der Waals surface area contributed by atoms with E-state index >= 15 is 0 Å². The lowest BCUT2D eigenvalue weighted by atomic mass is 9.79. The first-order valence-electron chi connectivity index (χ1n) is 6.75. The zero-order valence-corrected chi connectivity index (χ0v) is 10.8. The number of hydrogen-bond acceptors (Lipinski definition) is 1. The van der Waals surface area contributed by atoms with E-state index in [4.69, 9.17) is 0 Å². The quantitative estimate of drug-likeness (QED) is 0.818. The lowest BCUT2D eigenvalue weighted by molar-refractivity contribution is 0.420. The lowest BCUT2D eigenvalue weighted by Crippen LogP contribution is -2.08. The Morgan fingerprint density at radius 2 is 1.67 bits per heavy atom. The van der Waals surface area contributed by atoms with Gasteiger partial charge in [0.15, 0.2) is 0 Å². The number of nitrogens with one attached hydrogen (secondary N) is 1. The summed E-state index contributed by atoms with van der Waals surface area (Å²) < 4.78 is 0. The molecule has 0 unspecified atom stereocenters. The van der Waals surface area contributed by atoms with Gasteiger partial charge in [0.1, 0.15) is 0 Å². The largest absolute Gasteiger partial charge is 0.388 e. The van der Waals surface area contributed by atoms with Gasteiger partial charge in [0.2, 0.25) is 0 Å². The molecule has 0 saturated heterocycles. The molecule has 0 amide bonds. The van der Waals surface area contributed by atoms with Crippen LogP contribution in [0.2, 0.25) is 0 Å². The number of hydrogen-bond donors (Lipinski definition) is 1. The highest BCUT2D eigenvalue weighted by Crippen LogP contribution is 2.37. The molecule has 0 aliphatic heterocycles. The molecule has 2 aromatic rings. The number of benzene rings is 2. The van der Waals surface area contributed by atoms with E-state index in [9.17, 15) is 0 Å². The van der Waals surface area contributed by atoms with Gasteiger partial charge in [-0.2, -0.15) is 0 Å². The molecule has 3 rings (SSSR count). The first-order chi connectivity index (χ1) is 8.86. The number of rotatable bonds is 3. The van der Waals surface area contributed by atoms with Crippen LogP contribution in [-0.2, 0) is 0 Å². The van der Waals surface area contributed by atoms with E-state index in [1.165, 1.54) is 41.6 Å². The molecule has 2 aromatic carbocycles. The predicted octanol–water partition coefficient (Wildman–Crippen LogP) is 4.66. The number of anilines is 1. The molecule has 1 nitrogen and oxygen atoms in total. The molecule has 1 aliphatic rings. The highest BCUT2D eigenvalue weighted by atomic mass is 14.8. The minimum Gasteiger partial charge on any atom is -0.388 e. The molecule has 0 aromatic heterocycles. The fraction of sp³-hybridized carbons (Fsp3) is 0.294. The monoisotopic (exact) mass is 237 g/mol. The van der Waals surface area contributed by atoms with Crippen molar-refractivity contribution in [2.45, 2.75) is 25.2 Å². The third-order valence-electron chi connectivity index (χ3n) is 3.95. The molecule has 1 N–H and O–H groups in total. The fourth-order valence-corrected chi connectivity index (χ4v) is 2.57. The van der Waals surface area contributed by atoms with Gasteiger partial charge in [-0.05, 0) is 47.6 Å². The third-order valence-corrected chi connectivity index (χ3v) is 3.95. The Morgan fingerprint density at radius 3 is 2.33 bits per heavy atom. The molecule has 92 valence electrons. The van der Waals surface area contributed by atoms with Crippen molar-refractivity contribution in [3.8, 4) is 11.1 Å². The van der Waals surface area contributed by atoms with Crippen molar-refractivity contribution in [3.63, 3.8) is 0 Å². The molecule has 0 bridgehead atoms. The van der Waals surface area contributed by atoms with E-state index in [-0.39, 0.29) is 0 Å². The summed E-state index contributed by atoms with van der Waals surface area (Å²) in [6, 6.07) is 17.6. The average Bonchev–Trinajstić information content (AvgIpc) is 2.37. The van der Waals surface area contributed by atoms with Crippen LogP contribution in [0.25, 0.3) is 11.1 Å². The van der Waals surface area contributed by atoms with Crippen LogP contribution in [0.15, 0.2) is 48.5 Å². The van der Waals surface area contributed by atoms with Crippen molar-refractivity contribution in [2.24, 2.45) is 0 Å². The second-order valence-corrected chi connectivity index (χ2v) is 5.08. The second kappa shape index (κ2) is 4.85. The molecular weight excluding hydrogens is 218 g/mol. The molecule has 18 heavy (non-hydrogen) atoms. The minimum absolute atomic E-state index is 0.803. The highest BCUT2D eigenvalue weighted by molar-refractivity contribution is 5.68. The SMILES string of the molecule is CNc1cccc(-c2cccc(C3CCC3)c2)c1. The summed E-state index contributed by atoms with van der Waals surface area (Å²) in [4.78, 5) is 0. The molecule has 1 aliphatic carbocycles. The standard InChI is InChI=1S/C17H19N/c1-18-17-10-4-9-16(12-17)15-8-3-7-14(11-15)13-5-2-6-13/h3-4,7-13,18H,2,5-6H2,1H3. The van der Waals surface area contributed by atoms with Gasteiger partial charge < -0.3 is 5.32 Å². The van der Waals surface area contributed by atoms with E-state index in [2.05, 4.69) is 53.8 Å². The van der Waals surface area contributed by atoms with Crippen LogP contribution in [-0.4, -0.2) is 7.05 Å². The van der Waals surface area contributed by atoms with E-state index in [1.807, 2.05) is 7.05 Å². The van der Waals surface area contributed by atoms with Gasteiger partial charge in [-0.15, -0.1) is 0 Å². The summed E-state index contributed by atoms with van der Waals surface area (Å²) in [5.74, 6) is 0.803. The predicted molar refractivity (Wildman–Crippen MR) is 78.0 cm³/mol. The van der Waals surface area contributed by atoms with Crippen molar-refractivity contribution >= 4 is 5.69 Å². The zero-order valence-electron chi connectivity index (χ0n) is 10.8. The van der Waals surface area contributed by atoms with Crippen LogP contribution in [0.5, 0.6) is 0 Å². The molecule has 1 saturated carbocycles. The Morgan fingerprint density at radius 1 is 0.944 bits per heavy atom. The molecule has 1 fully saturated rings. The summed E-state index contributed by atoms with van der Waals surface area (Å²) in [7, 11) is 1.96. The van der Waals surface area contributed by atoms with Gasteiger partial charge in [0.25, 0.3) is 0 Å². The van der Waals surface area contributed by atoms with Crippen molar-refractivity contribution < 1.29 is 0 Å². The summed E-state index contributed by atoms with van der Waals surface area (Å²) in [6.45, 7) is 0. The molecule has 0 heterocycles. The molecule has 1 heteroatoms. The summed E-state index contributed by atoms with van der Waals surface area (Å²) >= 11 is 0. The molecule has 0 radical (unpaired) electrons. The van der Waals surface area contributed by atoms with Gasteiger partial charge in [-0.1, -0.05) is 42.8 Å². The van der Waals surface area contributed by atoms with Crippen molar-refractivity contribution in [3.05, 3.63) is 54.1 Å². The Balaban J connectivity index is 1.94.